The average Bonchev–Trinajstić information content (AvgIpc) is 2.72. The second kappa shape index (κ2) is 5.88. The van der Waals surface area contributed by atoms with Gasteiger partial charge in [-0.1, -0.05) is 0 Å². The van der Waals surface area contributed by atoms with Crippen LogP contribution in [0.25, 0.3) is 0 Å². The van der Waals surface area contributed by atoms with Gasteiger partial charge >= 0.3 is 14.8 Å². The zero-order chi connectivity index (χ0) is 15.8. The Balaban J connectivity index is 2.16. The summed E-state index contributed by atoms with van der Waals surface area (Å²) in [7, 11) is -4.12. The van der Waals surface area contributed by atoms with Crippen molar-refractivity contribution >= 4 is 19.9 Å². The number of halogens is 1. The SMILES string of the molecule is O=c1[nH]c(=O)n([C@H]2C[C@H](O)[C@@H](CSS(=O)(=O)O)O2)cc1F. The van der Waals surface area contributed by atoms with Crippen molar-refractivity contribution in [2.45, 2.75) is 24.9 Å². The molecule has 118 valence electrons. The lowest BCUT2D eigenvalue weighted by atomic mass is 10.2. The quantitative estimate of drug-likeness (QED) is 0.461. The van der Waals surface area contributed by atoms with Gasteiger partial charge in [0.05, 0.1) is 18.4 Å². The van der Waals surface area contributed by atoms with Gasteiger partial charge in [0.1, 0.15) is 6.23 Å². The van der Waals surface area contributed by atoms with Crippen molar-refractivity contribution in [3.05, 3.63) is 32.9 Å². The summed E-state index contributed by atoms with van der Waals surface area (Å²) in [5.74, 6) is -1.46. The van der Waals surface area contributed by atoms with Gasteiger partial charge in [0, 0.05) is 12.2 Å². The molecule has 0 saturated carbocycles. The Morgan fingerprint density at radius 1 is 1.52 bits per heavy atom. The number of ether oxygens (including phenoxy) is 1. The van der Waals surface area contributed by atoms with Crippen molar-refractivity contribution in [2.24, 2.45) is 0 Å². The van der Waals surface area contributed by atoms with E-state index in [2.05, 4.69) is 0 Å². The van der Waals surface area contributed by atoms with Crippen LogP contribution in [0.4, 0.5) is 4.39 Å². The number of rotatable bonds is 4. The van der Waals surface area contributed by atoms with Crippen molar-refractivity contribution in [3.8, 4) is 0 Å². The number of aromatic amines is 1. The summed E-state index contributed by atoms with van der Waals surface area (Å²) in [6, 6.07) is 0. The van der Waals surface area contributed by atoms with Crippen LogP contribution >= 0.6 is 10.8 Å². The Morgan fingerprint density at radius 3 is 2.81 bits per heavy atom. The predicted molar refractivity (Wildman–Crippen MR) is 69.8 cm³/mol. The lowest BCUT2D eigenvalue weighted by Gasteiger charge is -2.15. The van der Waals surface area contributed by atoms with Gasteiger partial charge in [-0.3, -0.25) is 18.9 Å². The van der Waals surface area contributed by atoms with Crippen LogP contribution in [0.15, 0.2) is 15.8 Å². The zero-order valence-electron chi connectivity index (χ0n) is 10.3. The largest absolute Gasteiger partial charge is 0.390 e. The summed E-state index contributed by atoms with van der Waals surface area (Å²) in [5, 5.41) is 9.74. The van der Waals surface area contributed by atoms with Gasteiger partial charge < -0.3 is 9.84 Å². The third kappa shape index (κ3) is 3.91. The van der Waals surface area contributed by atoms with Crippen LogP contribution in [0, 0.1) is 5.82 Å². The standard InChI is InChI=1S/C9H11FN2O7S2/c10-4-2-12(9(15)11-8(4)14)7-1-5(13)6(19-7)3-20-21(16,17)18/h2,5-7,13H,1,3H2,(H,11,14,15)(H,16,17,18)/t5-,6+,7+/m0/s1. The first-order valence-corrected chi connectivity index (χ1v) is 8.58. The van der Waals surface area contributed by atoms with Gasteiger partial charge in [-0.25, -0.2) is 4.79 Å². The number of hydrogen-bond donors (Lipinski definition) is 3. The molecule has 0 bridgehead atoms. The van der Waals surface area contributed by atoms with Gasteiger partial charge in [0.25, 0.3) is 5.56 Å². The second-order valence-electron chi connectivity index (χ2n) is 4.29. The lowest BCUT2D eigenvalue weighted by molar-refractivity contribution is -0.00793. The molecule has 1 saturated heterocycles. The molecule has 12 heteroatoms. The van der Waals surface area contributed by atoms with E-state index < -0.39 is 44.7 Å². The molecular formula is C9H11FN2O7S2. The molecule has 1 aromatic heterocycles. The summed E-state index contributed by atoms with van der Waals surface area (Å²) >= 11 is 0. The molecule has 3 atom stereocenters. The molecule has 2 heterocycles. The number of aromatic nitrogens is 2. The van der Waals surface area contributed by atoms with Crippen LogP contribution in [-0.4, -0.2) is 45.6 Å². The van der Waals surface area contributed by atoms with E-state index in [-0.39, 0.29) is 23.0 Å². The fraction of sp³-hybridized carbons (Fsp3) is 0.556. The topological polar surface area (TPSA) is 139 Å². The molecule has 0 radical (unpaired) electrons. The molecule has 1 fully saturated rings. The molecule has 0 amide bonds. The van der Waals surface area contributed by atoms with E-state index in [1.165, 1.54) is 0 Å². The van der Waals surface area contributed by atoms with Crippen molar-refractivity contribution in [1.82, 2.24) is 9.55 Å². The summed E-state index contributed by atoms with van der Waals surface area (Å²) in [4.78, 5) is 24.2. The number of hydrogen-bond acceptors (Lipinski definition) is 7. The smallest absolute Gasteiger partial charge is 0.330 e. The molecule has 3 N–H and O–H groups in total. The molecule has 0 aliphatic carbocycles. The Kier molecular flexibility index (Phi) is 4.53. The molecule has 0 unspecified atom stereocenters. The minimum atomic E-state index is -4.29. The van der Waals surface area contributed by atoms with E-state index in [9.17, 15) is 27.5 Å². The summed E-state index contributed by atoms with van der Waals surface area (Å²) in [6.45, 7) is 0. The maximum atomic E-state index is 13.2. The lowest BCUT2D eigenvalue weighted by Crippen LogP contribution is -2.34. The fourth-order valence-corrected chi connectivity index (χ4v) is 3.39. The Bertz CT molecular complexity index is 743. The Morgan fingerprint density at radius 2 is 2.19 bits per heavy atom. The highest BCUT2D eigenvalue weighted by Gasteiger charge is 2.36. The van der Waals surface area contributed by atoms with Gasteiger partial charge in [0.2, 0.25) is 5.82 Å². The van der Waals surface area contributed by atoms with Crippen LogP contribution in [0.3, 0.4) is 0 Å². The number of nitrogens with one attached hydrogen (secondary N) is 1. The summed E-state index contributed by atoms with van der Waals surface area (Å²) in [6.07, 6.45) is -2.57. The van der Waals surface area contributed by atoms with Gasteiger partial charge in [-0.15, -0.1) is 0 Å². The third-order valence-corrected chi connectivity index (χ3v) is 4.88. The molecule has 9 nitrogen and oxygen atoms in total. The highest BCUT2D eigenvalue weighted by atomic mass is 33.1. The molecular weight excluding hydrogens is 331 g/mol. The van der Waals surface area contributed by atoms with Gasteiger partial charge in [-0.05, 0) is 10.8 Å². The number of aliphatic hydroxyl groups is 1. The maximum Gasteiger partial charge on any atom is 0.330 e. The van der Waals surface area contributed by atoms with Crippen molar-refractivity contribution < 1.29 is 27.2 Å². The molecule has 1 aliphatic rings. The first kappa shape index (κ1) is 16.2. The average molecular weight is 342 g/mol. The summed E-state index contributed by atoms with van der Waals surface area (Å²) in [5.41, 5.74) is -2.09. The monoisotopic (exact) mass is 342 g/mol. The summed E-state index contributed by atoms with van der Waals surface area (Å²) < 4.78 is 49.0. The highest BCUT2D eigenvalue weighted by molar-refractivity contribution is 8.69. The van der Waals surface area contributed by atoms with Crippen LogP contribution in [0.1, 0.15) is 12.6 Å². The van der Waals surface area contributed by atoms with Gasteiger partial charge in [-0.2, -0.15) is 12.8 Å². The van der Waals surface area contributed by atoms with Crippen LogP contribution in [0.5, 0.6) is 0 Å². The van der Waals surface area contributed by atoms with E-state index in [4.69, 9.17) is 9.29 Å². The van der Waals surface area contributed by atoms with E-state index in [1.54, 1.807) is 4.98 Å². The van der Waals surface area contributed by atoms with E-state index in [0.717, 1.165) is 4.57 Å². The number of H-pyrrole nitrogens is 1. The second-order valence-corrected chi connectivity index (χ2v) is 7.68. The molecule has 1 aromatic rings. The molecule has 0 aromatic carbocycles. The van der Waals surface area contributed by atoms with Crippen molar-refractivity contribution in [1.29, 1.82) is 0 Å². The molecule has 0 spiro atoms. The minimum absolute atomic E-state index is 0.0951. The van der Waals surface area contributed by atoms with Crippen LogP contribution < -0.4 is 11.2 Å². The number of aliphatic hydroxyl groups excluding tert-OH is 1. The van der Waals surface area contributed by atoms with Crippen molar-refractivity contribution in [2.75, 3.05) is 5.75 Å². The minimum Gasteiger partial charge on any atom is -0.390 e. The van der Waals surface area contributed by atoms with Gasteiger partial charge in [0.15, 0.2) is 0 Å². The first-order chi connectivity index (χ1) is 9.67. The first-order valence-electron chi connectivity index (χ1n) is 5.63. The Hall–Kier alpha value is -1.21. The van der Waals surface area contributed by atoms with E-state index in [0.29, 0.717) is 6.20 Å². The predicted octanol–water partition coefficient (Wildman–Crippen LogP) is -1.14. The van der Waals surface area contributed by atoms with E-state index >= 15 is 0 Å². The maximum absolute atomic E-state index is 13.2. The van der Waals surface area contributed by atoms with Crippen molar-refractivity contribution in [3.63, 3.8) is 0 Å². The Labute approximate surface area is 120 Å². The van der Waals surface area contributed by atoms with Crippen LogP contribution in [0.2, 0.25) is 0 Å². The highest BCUT2D eigenvalue weighted by Crippen LogP contribution is 2.30. The molecule has 1 aliphatic heterocycles. The van der Waals surface area contributed by atoms with E-state index in [1.807, 2.05) is 0 Å². The van der Waals surface area contributed by atoms with Crippen LogP contribution in [-0.2, 0) is 13.9 Å². The zero-order valence-corrected chi connectivity index (χ0v) is 11.9. The molecule has 2 rings (SSSR count). The third-order valence-electron chi connectivity index (χ3n) is 2.82. The molecule has 21 heavy (non-hydrogen) atoms. The normalized spacial score (nSPS) is 26.1. The fourth-order valence-electron chi connectivity index (χ4n) is 1.86. The number of nitrogens with zero attached hydrogens (tertiary/aromatic N) is 1.